The zero-order valence-electron chi connectivity index (χ0n) is 16.9. The second kappa shape index (κ2) is 9.87. The molecule has 3 rings (SSSR count). The van der Waals surface area contributed by atoms with Crippen molar-refractivity contribution in [1.29, 1.82) is 0 Å². The fourth-order valence-electron chi connectivity index (χ4n) is 3.65. The van der Waals surface area contributed by atoms with Crippen molar-refractivity contribution in [2.45, 2.75) is 25.5 Å². The van der Waals surface area contributed by atoms with Gasteiger partial charge in [0, 0.05) is 39.0 Å². The van der Waals surface area contributed by atoms with Crippen LogP contribution < -0.4 is 9.64 Å². The highest BCUT2D eigenvalue weighted by Crippen LogP contribution is 2.26. The van der Waals surface area contributed by atoms with Crippen LogP contribution in [0.25, 0.3) is 0 Å². The molecule has 1 aromatic heterocycles. The van der Waals surface area contributed by atoms with Gasteiger partial charge in [-0.2, -0.15) is 0 Å². The first kappa shape index (κ1) is 20.6. The van der Waals surface area contributed by atoms with Gasteiger partial charge in [0.15, 0.2) is 0 Å². The standard InChI is InChI=1S/C22H31N3O3/c1-3-27-14-15-28-20-9-7-19(8-10-20)16-24(2)17-22(26)11-13-25(18-22)21-6-4-5-12-23-21/h4-10,12,26H,3,11,13-18H2,1-2H3/t22-/m0/s1. The van der Waals surface area contributed by atoms with E-state index in [-0.39, 0.29) is 0 Å². The third kappa shape index (κ3) is 5.92. The Morgan fingerprint density at radius 1 is 1.18 bits per heavy atom. The lowest BCUT2D eigenvalue weighted by molar-refractivity contribution is 0.0279. The normalized spacial score (nSPS) is 19.4. The molecule has 1 aliphatic rings. The molecule has 152 valence electrons. The molecule has 0 saturated carbocycles. The second-order valence-corrected chi connectivity index (χ2v) is 7.45. The van der Waals surface area contributed by atoms with Crippen LogP contribution in [0.4, 0.5) is 5.82 Å². The lowest BCUT2D eigenvalue weighted by atomic mass is 10.0. The highest BCUT2D eigenvalue weighted by Gasteiger charge is 2.37. The summed E-state index contributed by atoms with van der Waals surface area (Å²) >= 11 is 0. The second-order valence-electron chi connectivity index (χ2n) is 7.45. The van der Waals surface area contributed by atoms with Crippen LogP contribution in [0.5, 0.6) is 5.75 Å². The molecule has 28 heavy (non-hydrogen) atoms. The number of anilines is 1. The van der Waals surface area contributed by atoms with Crippen LogP contribution in [0, 0.1) is 0 Å². The molecule has 1 aromatic carbocycles. The summed E-state index contributed by atoms with van der Waals surface area (Å²) in [7, 11) is 2.05. The fraction of sp³-hybridized carbons (Fsp3) is 0.500. The topological polar surface area (TPSA) is 58.1 Å². The first-order valence-corrected chi connectivity index (χ1v) is 9.94. The predicted molar refractivity (Wildman–Crippen MR) is 111 cm³/mol. The molecule has 1 N–H and O–H groups in total. The lowest BCUT2D eigenvalue weighted by Gasteiger charge is -2.29. The Morgan fingerprint density at radius 3 is 2.71 bits per heavy atom. The number of β-amino-alcohol motifs (C(OH)–C–C–N with tert-alkyl or cyclic N) is 1. The first-order valence-electron chi connectivity index (χ1n) is 9.94. The van der Waals surface area contributed by atoms with E-state index in [1.807, 2.05) is 44.3 Å². The van der Waals surface area contributed by atoms with Crippen LogP contribution >= 0.6 is 0 Å². The number of hydrogen-bond acceptors (Lipinski definition) is 6. The Balaban J connectivity index is 1.46. The van der Waals surface area contributed by atoms with Gasteiger partial charge in [0.05, 0.1) is 12.2 Å². The molecule has 1 aliphatic heterocycles. The van der Waals surface area contributed by atoms with E-state index in [9.17, 15) is 5.11 Å². The SMILES string of the molecule is CCOCCOc1ccc(CN(C)C[C@@]2(O)CCN(c3ccccn3)C2)cc1. The zero-order valence-corrected chi connectivity index (χ0v) is 16.9. The molecule has 6 heteroatoms. The van der Waals surface area contributed by atoms with Crippen LogP contribution in [-0.4, -0.2) is 67.1 Å². The van der Waals surface area contributed by atoms with E-state index in [4.69, 9.17) is 9.47 Å². The summed E-state index contributed by atoms with van der Waals surface area (Å²) in [5, 5.41) is 11.0. The van der Waals surface area contributed by atoms with Crippen LogP contribution in [0.15, 0.2) is 48.7 Å². The number of benzene rings is 1. The van der Waals surface area contributed by atoms with Gasteiger partial charge >= 0.3 is 0 Å². The Hall–Kier alpha value is -2.15. The third-order valence-electron chi connectivity index (χ3n) is 4.95. The van der Waals surface area contributed by atoms with Crippen molar-refractivity contribution in [2.75, 3.05) is 51.4 Å². The summed E-state index contributed by atoms with van der Waals surface area (Å²) < 4.78 is 10.9. The molecule has 6 nitrogen and oxygen atoms in total. The maximum Gasteiger partial charge on any atom is 0.128 e. The Morgan fingerprint density at radius 2 is 2.00 bits per heavy atom. The molecule has 0 bridgehead atoms. The summed E-state index contributed by atoms with van der Waals surface area (Å²) in [5.41, 5.74) is 0.483. The summed E-state index contributed by atoms with van der Waals surface area (Å²) in [6, 6.07) is 14.0. The lowest BCUT2D eigenvalue weighted by Crippen LogP contribution is -2.43. The average molecular weight is 386 g/mol. The quantitative estimate of drug-likeness (QED) is 0.635. The maximum atomic E-state index is 11.0. The number of likely N-dealkylation sites (N-methyl/N-ethyl adjacent to an activating group) is 1. The number of aliphatic hydroxyl groups is 1. The van der Waals surface area contributed by atoms with E-state index in [2.05, 4.69) is 26.9 Å². The maximum absolute atomic E-state index is 11.0. The van der Waals surface area contributed by atoms with Gasteiger partial charge < -0.3 is 19.5 Å². The van der Waals surface area contributed by atoms with Gasteiger partial charge in [-0.1, -0.05) is 18.2 Å². The molecule has 1 atom stereocenters. The van der Waals surface area contributed by atoms with E-state index in [1.54, 1.807) is 6.20 Å². The number of pyridine rings is 1. The minimum atomic E-state index is -0.714. The minimum Gasteiger partial charge on any atom is -0.491 e. The molecule has 2 aromatic rings. The van der Waals surface area contributed by atoms with Gasteiger partial charge in [0.2, 0.25) is 0 Å². The minimum absolute atomic E-state index is 0.562. The summed E-state index contributed by atoms with van der Waals surface area (Å²) in [6.07, 6.45) is 2.55. The number of rotatable bonds is 10. The van der Waals surface area contributed by atoms with Crippen LogP contribution in [0.3, 0.4) is 0 Å². The van der Waals surface area contributed by atoms with Gasteiger partial charge in [-0.15, -0.1) is 0 Å². The van der Waals surface area contributed by atoms with Gasteiger partial charge in [-0.05, 0) is 50.2 Å². The Bertz CT molecular complexity index is 711. The molecular formula is C22H31N3O3. The van der Waals surface area contributed by atoms with Crippen molar-refractivity contribution >= 4 is 5.82 Å². The molecule has 0 aliphatic carbocycles. The molecular weight excluding hydrogens is 354 g/mol. The van der Waals surface area contributed by atoms with Crippen molar-refractivity contribution in [3.63, 3.8) is 0 Å². The monoisotopic (exact) mass is 385 g/mol. The van der Waals surface area contributed by atoms with Gasteiger partial charge in [0.25, 0.3) is 0 Å². The molecule has 0 unspecified atom stereocenters. The van der Waals surface area contributed by atoms with Gasteiger partial charge in [-0.25, -0.2) is 4.98 Å². The van der Waals surface area contributed by atoms with E-state index in [0.717, 1.165) is 31.1 Å². The Labute approximate surface area is 167 Å². The zero-order chi connectivity index (χ0) is 19.8. The third-order valence-corrected chi connectivity index (χ3v) is 4.95. The highest BCUT2D eigenvalue weighted by molar-refractivity contribution is 5.40. The van der Waals surface area contributed by atoms with Crippen LogP contribution in [0.1, 0.15) is 18.9 Å². The highest BCUT2D eigenvalue weighted by atomic mass is 16.5. The molecule has 1 saturated heterocycles. The Kier molecular flexibility index (Phi) is 7.25. The number of ether oxygens (including phenoxy) is 2. The van der Waals surface area contributed by atoms with E-state index in [0.29, 0.717) is 32.9 Å². The van der Waals surface area contributed by atoms with Gasteiger partial charge in [0.1, 0.15) is 18.2 Å². The summed E-state index contributed by atoms with van der Waals surface area (Å²) in [5.74, 6) is 1.78. The largest absolute Gasteiger partial charge is 0.491 e. The molecule has 0 radical (unpaired) electrons. The summed E-state index contributed by atoms with van der Waals surface area (Å²) in [6.45, 7) is 6.70. The van der Waals surface area contributed by atoms with E-state index >= 15 is 0 Å². The fourth-order valence-corrected chi connectivity index (χ4v) is 3.65. The molecule has 0 spiro atoms. The summed E-state index contributed by atoms with van der Waals surface area (Å²) in [4.78, 5) is 8.72. The van der Waals surface area contributed by atoms with Crippen molar-refractivity contribution in [3.05, 3.63) is 54.2 Å². The van der Waals surface area contributed by atoms with Crippen molar-refractivity contribution in [3.8, 4) is 5.75 Å². The van der Waals surface area contributed by atoms with Gasteiger partial charge in [-0.3, -0.25) is 4.90 Å². The predicted octanol–water partition coefficient (Wildman–Crippen LogP) is 2.57. The van der Waals surface area contributed by atoms with Crippen molar-refractivity contribution in [2.24, 2.45) is 0 Å². The van der Waals surface area contributed by atoms with E-state index < -0.39 is 5.60 Å². The van der Waals surface area contributed by atoms with Crippen molar-refractivity contribution < 1.29 is 14.6 Å². The number of aromatic nitrogens is 1. The molecule has 1 fully saturated rings. The van der Waals surface area contributed by atoms with Crippen molar-refractivity contribution in [1.82, 2.24) is 9.88 Å². The van der Waals surface area contributed by atoms with E-state index in [1.165, 1.54) is 5.56 Å². The molecule has 2 heterocycles. The first-order chi connectivity index (χ1) is 13.6. The number of nitrogens with zero attached hydrogens (tertiary/aromatic N) is 3. The smallest absolute Gasteiger partial charge is 0.128 e. The molecule has 0 amide bonds. The van der Waals surface area contributed by atoms with Crippen LogP contribution in [-0.2, 0) is 11.3 Å². The number of hydrogen-bond donors (Lipinski definition) is 1. The van der Waals surface area contributed by atoms with Crippen LogP contribution in [0.2, 0.25) is 0 Å². The average Bonchev–Trinajstić information content (AvgIpc) is 3.09.